The second-order valence-electron chi connectivity index (χ2n) is 3.93. The van der Waals surface area contributed by atoms with Crippen LogP contribution < -0.4 is 5.32 Å². The number of carbonyl (C=O) groups excluding carboxylic acids is 1. The lowest BCUT2D eigenvalue weighted by molar-refractivity contribution is 0.0690. The maximum atomic E-state index is 13.6. The van der Waals surface area contributed by atoms with Crippen LogP contribution in [0.3, 0.4) is 0 Å². The fraction of sp³-hybridized carbons (Fsp3) is 0. The van der Waals surface area contributed by atoms with Gasteiger partial charge >= 0.3 is 5.97 Å². The highest BCUT2D eigenvalue weighted by molar-refractivity contribution is 9.10. The van der Waals surface area contributed by atoms with E-state index < -0.39 is 29.2 Å². The predicted octanol–water partition coefficient (Wildman–Crippen LogP) is 3.07. The molecule has 0 bridgehead atoms. The molecule has 0 saturated carbocycles. The van der Waals surface area contributed by atoms with Crippen molar-refractivity contribution in [1.29, 1.82) is 0 Å². The number of nitrogens with zero attached hydrogens (tertiary/aromatic N) is 1. The smallest absolute Gasteiger partial charge is 0.354 e. The van der Waals surface area contributed by atoms with E-state index in [4.69, 9.17) is 5.11 Å². The maximum Gasteiger partial charge on any atom is 0.354 e. The van der Waals surface area contributed by atoms with E-state index in [1.54, 1.807) is 0 Å². The molecule has 1 amide bonds. The summed E-state index contributed by atoms with van der Waals surface area (Å²) in [7, 11) is 0. The molecule has 8 heteroatoms. The summed E-state index contributed by atoms with van der Waals surface area (Å²) in [4.78, 5) is 26.2. The van der Waals surface area contributed by atoms with Crippen LogP contribution in [-0.2, 0) is 0 Å². The number of benzene rings is 1. The summed E-state index contributed by atoms with van der Waals surface area (Å²) in [6.07, 6.45) is 1.12. The van der Waals surface area contributed by atoms with Crippen LogP contribution in [0.1, 0.15) is 20.8 Å². The number of aromatic nitrogens is 1. The fourth-order valence-electron chi connectivity index (χ4n) is 1.54. The third-order valence-electron chi connectivity index (χ3n) is 2.49. The number of nitrogens with one attached hydrogen (secondary N) is 1. The molecule has 0 unspecified atom stereocenters. The van der Waals surface area contributed by atoms with E-state index in [1.807, 2.05) is 0 Å². The van der Waals surface area contributed by atoms with E-state index in [1.165, 1.54) is 6.07 Å². The van der Waals surface area contributed by atoms with Gasteiger partial charge in [-0.2, -0.15) is 0 Å². The van der Waals surface area contributed by atoms with Gasteiger partial charge in [0.2, 0.25) is 0 Å². The molecule has 1 aromatic carbocycles. The molecule has 0 saturated heterocycles. The number of halogens is 3. The van der Waals surface area contributed by atoms with Gasteiger partial charge in [-0.25, -0.2) is 18.6 Å². The molecule has 2 aromatic rings. The Morgan fingerprint density at radius 1 is 1.19 bits per heavy atom. The molecule has 2 rings (SSSR count). The number of hydrogen-bond donors (Lipinski definition) is 2. The van der Waals surface area contributed by atoms with Crippen molar-refractivity contribution in [2.45, 2.75) is 0 Å². The number of rotatable bonds is 3. The number of hydrogen-bond acceptors (Lipinski definition) is 3. The monoisotopic (exact) mass is 356 g/mol. The average Bonchev–Trinajstić information content (AvgIpc) is 2.42. The summed E-state index contributed by atoms with van der Waals surface area (Å²) in [6.45, 7) is 0. The Balaban J connectivity index is 2.30. The summed E-state index contributed by atoms with van der Waals surface area (Å²) >= 11 is 2.92. The lowest BCUT2D eigenvalue weighted by atomic mass is 10.2. The van der Waals surface area contributed by atoms with Gasteiger partial charge < -0.3 is 10.4 Å². The van der Waals surface area contributed by atoms with Crippen molar-refractivity contribution in [3.63, 3.8) is 0 Å². The van der Waals surface area contributed by atoms with Crippen LogP contribution >= 0.6 is 15.9 Å². The standard InChI is InChI=1S/C13H7BrF2N2O3/c14-7-4-8(15)11(9(16)5-7)18-12(19)6-1-2-17-10(3-6)13(20)21/h1-5H,(H,18,19)(H,20,21). The Hall–Kier alpha value is -2.35. The van der Waals surface area contributed by atoms with Crippen LogP contribution in [0.25, 0.3) is 0 Å². The average molecular weight is 357 g/mol. The summed E-state index contributed by atoms with van der Waals surface area (Å²) < 4.78 is 27.4. The van der Waals surface area contributed by atoms with Crippen molar-refractivity contribution in [2.75, 3.05) is 5.32 Å². The number of pyridine rings is 1. The number of carboxylic acid groups (broad SMARTS) is 1. The Kier molecular flexibility index (Phi) is 4.27. The summed E-state index contributed by atoms with van der Waals surface area (Å²) in [5.74, 6) is -4.07. The summed E-state index contributed by atoms with van der Waals surface area (Å²) in [5.41, 5.74) is -1.04. The minimum atomic E-state index is -1.31. The molecule has 0 atom stereocenters. The molecule has 5 nitrogen and oxygen atoms in total. The first kappa shape index (κ1) is 15.0. The van der Waals surface area contributed by atoms with Crippen LogP contribution in [-0.4, -0.2) is 22.0 Å². The van der Waals surface area contributed by atoms with Gasteiger partial charge in [0, 0.05) is 16.2 Å². The topological polar surface area (TPSA) is 79.3 Å². The second kappa shape index (κ2) is 5.96. The predicted molar refractivity (Wildman–Crippen MR) is 73.2 cm³/mol. The zero-order valence-corrected chi connectivity index (χ0v) is 11.8. The van der Waals surface area contributed by atoms with Gasteiger partial charge in [-0.1, -0.05) is 15.9 Å². The second-order valence-corrected chi connectivity index (χ2v) is 4.85. The maximum absolute atomic E-state index is 13.6. The molecule has 0 aliphatic rings. The van der Waals surface area contributed by atoms with E-state index in [-0.39, 0.29) is 15.7 Å². The molecule has 0 radical (unpaired) electrons. The van der Waals surface area contributed by atoms with Crippen molar-refractivity contribution < 1.29 is 23.5 Å². The van der Waals surface area contributed by atoms with E-state index in [9.17, 15) is 18.4 Å². The van der Waals surface area contributed by atoms with Gasteiger partial charge in [-0.15, -0.1) is 0 Å². The number of anilines is 1. The fourth-order valence-corrected chi connectivity index (χ4v) is 1.94. The SMILES string of the molecule is O=C(Nc1c(F)cc(Br)cc1F)c1ccnc(C(=O)O)c1. The van der Waals surface area contributed by atoms with Gasteiger partial charge in [0.1, 0.15) is 11.4 Å². The van der Waals surface area contributed by atoms with E-state index in [0.717, 1.165) is 24.4 Å². The van der Waals surface area contributed by atoms with E-state index in [0.29, 0.717) is 0 Å². The normalized spacial score (nSPS) is 10.2. The molecular weight excluding hydrogens is 350 g/mol. The summed E-state index contributed by atoms with van der Waals surface area (Å²) in [5, 5.41) is 10.8. The molecule has 1 heterocycles. The van der Waals surface area contributed by atoms with Crippen LogP contribution in [0.15, 0.2) is 34.9 Å². The first-order valence-electron chi connectivity index (χ1n) is 5.53. The van der Waals surface area contributed by atoms with Crippen LogP contribution in [0.5, 0.6) is 0 Å². The third-order valence-corrected chi connectivity index (χ3v) is 2.94. The molecule has 0 aliphatic carbocycles. The van der Waals surface area contributed by atoms with Gasteiger partial charge in [-0.3, -0.25) is 4.79 Å². The van der Waals surface area contributed by atoms with Crippen molar-refractivity contribution in [2.24, 2.45) is 0 Å². The molecule has 2 N–H and O–H groups in total. The summed E-state index contributed by atoms with van der Waals surface area (Å²) in [6, 6.07) is 4.23. The zero-order chi connectivity index (χ0) is 15.6. The van der Waals surface area contributed by atoms with Crippen LogP contribution in [0.2, 0.25) is 0 Å². The van der Waals surface area contributed by atoms with E-state index in [2.05, 4.69) is 26.2 Å². The largest absolute Gasteiger partial charge is 0.477 e. The minimum Gasteiger partial charge on any atom is -0.477 e. The van der Waals surface area contributed by atoms with E-state index >= 15 is 0 Å². The molecule has 1 aromatic heterocycles. The number of carboxylic acids is 1. The number of carbonyl (C=O) groups is 2. The Labute approximate surface area is 125 Å². The molecule has 0 fully saturated rings. The van der Waals surface area contributed by atoms with Gasteiger partial charge in [0.15, 0.2) is 11.6 Å². The van der Waals surface area contributed by atoms with Crippen LogP contribution in [0.4, 0.5) is 14.5 Å². The Bertz CT molecular complexity index is 714. The van der Waals surface area contributed by atoms with Crippen molar-refractivity contribution in [3.8, 4) is 0 Å². The number of amides is 1. The molecule has 108 valence electrons. The highest BCUT2D eigenvalue weighted by atomic mass is 79.9. The lowest BCUT2D eigenvalue weighted by Gasteiger charge is -2.08. The van der Waals surface area contributed by atoms with Gasteiger partial charge in [-0.05, 0) is 24.3 Å². The molecule has 0 aliphatic heterocycles. The molecule has 0 spiro atoms. The quantitative estimate of drug-likeness (QED) is 0.885. The first-order valence-corrected chi connectivity index (χ1v) is 6.33. The highest BCUT2D eigenvalue weighted by Gasteiger charge is 2.16. The third kappa shape index (κ3) is 3.40. The molecular formula is C13H7BrF2N2O3. The van der Waals surface area contributed by atoms with Crippen molar-refractivity contribution >= 4 is 33.5 Å². The Morgan fingerprint density at radius 2 is 1.81 bits per heavy atom. The highest BCUT2D eigenvalue weighted by Crippen LogP contribution is 2.24. The zero-order valence-electron chi connectivity index (χ0n) is 10.2. The van der Waals surface area contributed by atoms with Crippen molar-refractivity contribution in [3.05, 3.63) is 57.8 Å². The van der Waals surface area contributed by atoms with Crippen LogP contribution in [0, 0.1) is 11.6 Å². The Morgan fingerprint density at radius 3 is 2.38 bits per heavy atom. The number of aromatic carboxylic acids is 1. The van der Waals surface area contributed by atoms with Crippen molar-refractivity contribution in [1.82, 2.24) is 4.98 Å². The minimum absolute atomic E-state index is 0.0795. The van der Waals surface area contributed by atoms with Gasteiger partial charge in [0.25, 0.3) is 5.91 Å². The van der Waals surface area contributed by atoms with Gasteiger partial charge in [0.05, 0.1) is 0 Å². The lowest BCUT2D eigenvalue weighted by Crippen LogP contribution is -2.15. The molecule has 21 heavy (non-hydrogen) atoms. The first-order chi connectivity index (χ1) is 9.88.